The summed E-state index contributed by atoms with van der Waals surface area (Å²) in [6, 6.07) is 20.5. The molecule has 1 radical (unpaired) electrons. The summed E-state index contributed by atoms with van der Waals surface area (Å²) in [5.41, 5.74) is 0. The first kappa shape index (κ1) is 24.5. The second-order valence-electron chi connectivity index (χ2n) is 6.95. The number of aliphatic hydroxyl groups is 1. The Kier molecular flexibility index (Phi) is 10.3. The van der Waals surface area contributed by atoms with E-state index in [2.05, 4.69) is 11.1 Å². The number of allylic oxidation sites excluding steroid dienone is 2. The molecule has 0 aliphatic carbocycles. The van der Waals surface area contributed by atoms with Crippen molar-refractivity contribution in [3.05, 3.63) is 78.7 Å². The molecule has 0 spiro atoms. The number of para-hydroxylation sites is 1. The van der Waals surface area contributed by atoms with E-state index in [1.54, 1.807) is 6.20 Å². The van der Waals surface area contributed by atoms with Crippen LogP contribution in [0.4, 0.5) is 0 Å². The monoisotopic (exact) mass is 569 g/mol. The van der Waals surface area contributed by atoms with Gasteiger partial charge in [-0.1, -0.05) is 45.9 Å². The van der Waals surface area contributed by atoms with Crippen LogP contribution in [0.1, 0.15) is 27.7 Å². The van der Waals surface area contributed by atoms with Crippen molar-refractivity contribution >= 4 is 16.6 Å². The van der Waals surface area contributed by atoms with Crippen LogP contribution in [-0.2, 0) is 24.9 Å². The zero-order chi connectivity index (χ0) is 20.5. The third kappa shape index (κ3) is 7.80. The van der Waals surface area contributed by atoms with Crippen molar-refractivity contribution in [1.82, 2.24) is 4.98 Å². The molecule has 0 aliphatic heterocycles. The van der Waals surface area contributed by atoms with E-state index in [1.807, 2.05) is 82.3 Å². The van der Waals surface area contributed by atoms with E-state index in [4.69, 9.17) is 4.74 Å². The molecule has 1 heterocycles. The normalized spacial score (nSPS) is 10.9. The molecule has 0 amide bonds. The van der Waals surface area contributed by atoms with Crippen LogP contribution in [0.25, 0.3) is 10.8 Å². The van der Waals surface area contributed by atoms with Crippen molar-refractivity contribution < 1.29 is 34.7 Å². The van der Waals surface area contributed by atoms with E-state index >= 15 is 0 Å². The average molecular weight is 569 g/mol. The second-order valence-corrected chi connectivity index (χ2v) is 6.95. The minimum atomic E-state index is -0.0316. The van der Waals surface area contributed by atoms with Gasteiger partial charge in [-0.05, 0) is 17.5 Å². The molecule has 1 N–H and O–H groups in total. The van der Waals surface area contributed by atoms with Gasteiger partial charge in [-0.15, -0.1) is 12.1 Å². The molecular weight excluding hydrogens is 542 g/mol. The van der Waals surface area contributed by atoms with Gasteiger partial charge < -0.3 is 9.84 Å². The predicted molar refractivity (Wildman–Crippen MR) is 112 cm³/mol. The summed E-state index contributed by atoms with van der Waals surface area (Å²) in [6.45, 7) is 7.32. The number of fused-ring (bicyclic) bond motifs is 1. The van der Waals surface area contributed by atoms with Gasteiger partial charge in [0.15, 0.2) is 5.78 Å². The number of aliphatic hydroxyl groups excluding tert-OH is 1. The molecule has 4 nitrogen and oxygen atoms in total. The van der Waals surface area contributed by atoms with Gasteiger partial charge in [0.2, 0.25) is 5.88 Å². The van der Waals surface area contributed by atoms with Crippen LogP contribution in [0.5, 0.6) is 11.6 Å². The number of ketones is 1. The molecule has 0 atom stereocenters. The summed E-state index contributed by atoms with van der Waals surface area (Å²) >= 11 is 0. The molecule has 3 aromatic rings. The van der Waals surface area contributed by atoms with Gasteiger partial charge in [-0.2, -0.15) is 18.2 Å². The number of carbonyl (C=O) groups is 1. The van der Waals surface area contributed by atoms with E-state index in [0.717, 1.165) is 10.8 Å². The zero-order valence-corrected chi connectivity index (χ0v) is 19.4. The van der Waals surface area contributed by atoms with Crippen LogP contribution >= 0.6 is 0 Å². The van der Waals surface area contributed by atoms with Gasteiger partial charge in [0, 0.05) is 55.3 Å². The second kappa shape index (κ2) is 12.2. The van der Waals surface area contributed by atoms with Crippen LogP contribution in [-0.4, -0.2) is 15.9 Å². The summed E-state index contributed by atoms with van der Waals surface area (Å²) in [5, 5.41) is 11.3. The average Bonchev–Trinajstić information content (AvgIpc) is 2.69. The minimum absolute atomic E-state index is 0. The molecule has 0 aliphatic rings. The van der Waals surface area contributed by atoms with Crippen molar-refractivity contribution in [2.75, 3.05) is 0 Å². The Balaban J connectivity index is 0.000000310. The predicted octanol–water partition coefficient (Wildman–Crippen LogP) is 6.13. The van der Waals surface area contributed by atoms with Crippen molar-refractivity contribution in [1.29, 1.82) is 0 Å². The maximum atomic E-state index is 11.0. The van der Waals surface area contributed by atoms with E-state index < -0.39 is 0 Å². The zero-order valence-electron chi connectivity index (χ0n) is 17.0. The molecule has 155 valence electrons. The number of aromatic nitrogens is 1. The van der Waals surface area contributed by atoms with Gasteiger partial charge in [0.05, 0.1) is 5.76 Å². The summed E-state index contributed by atoms with van der Waals surface area (Å²) in [4.78, 5) is 15.3. The van der Waals surface area contributed by atoms with Crippen molar-refractivity contribution in [3.8, 4) is 11.6 Å². The van der Waals surface area contributed by atoms with Crippen LogP contribution in [0.15, 0.2) is 72.6 Å². The molecule has 29 heavy (non-hydrogen) atoms. The Labute approximate surface area is 186 Å². The number of carbonyl (C=O) groups excluding carboxylic acids is 1. The molecule has 0 saturated heterocycles. The Hall–Kier alpha value is -2.49. The van der Waals surface area contributed by atoms with Crippen molar-refractivity contribution in [2.45, 2.75) is 27.7 Å². The first-order valence-corrected chi connectivity index (χ1v) is 9.31. The van der Waals surface area contributed by atoms with Gasteiger partial charge in [0.1, 0.15) is 0 Å². The smallest absolute Gasteiger partial charge is 0.224 e. The molecule has 3 rings (SSSR count). The standard InChI is InChI=1S/C15H10NO.C9H16O2.Ir/c1-2-7-13(8-3-1)17-15-14-9-5-4-6-12(14)10-11-16-15;1-6(2)8(10)5-9(11)7(3)4;/h1-7,9-11H;5-7,10H,1-4H3;/q-1;;/b;8-5-;. The van der Waals surface area contributed by atoms with Crippen molar-refractivity contribution in [3.63, 3.8) is 0 Å². The SMILES string of the molecule is CC(C)C(=O)/C=C(\O)C(C)C.[Ir].[c-]1ccccc1Oc1nccc2ccccc12. The Morgan fingerprint density at radius 3 is 2.34 bits per heavy atom. The minimum Gasteiger partial charge on any atom is -0.512 e. The number of rotatable bonds is 5. The van der Waals surface area contributed by atoms with Crippen LogP contribution in [0.3, 0.4) is 0 Å². The van der Waals surface area contributed by atoms with Gasteiger partial charge in [-0.3, -0.25) is 4.79 Å². The van der Waals surface area contributed by atoms with Crippen LogP contribution < -0.4 is 4.74 Å². The number of hydrogen-bond donors (Lipinski definition) is 1. The van der Waals surface area contributed by atoms with Crippen molar-refractivity contribution in [2.24, 2.45) is 11.8 Å². The van der Waals surface area contributed by atoms with Crippen LogP contribution in [0, 0.1) is 17.9 Å². The number of hydrogen-bond acceptors (Lipinski definition) is 4. The molecule has 2 aromatic carbocycles. The molecule has 0 bridgehead atoms. The Bertz CT molecular complexity index is 932. The fourth-order valence-corrected chi connectivity index (χ4v) is 2.20. The maximum absolute atomic E-state index is 11.0. The number of ether oxygens (including phenoxy) is 1. The Morgan fingerprint density at radius 1 is 1.03 bits per heavy atom. The number of pyridine rings is 1. The van der Waals surface area contributed by atoms with Gasteiger partial charge >= 0.3 is 0 Å². The summed E-state index contributed by atoms with van der Waals surface area (Å²) in [7, 11) is 0. The first-order chi connectivity index (χ1) is 13.4. The number of benzene rings is 2. The summed E-state index contributed by atoms with van der Waals surface area (Å²) in [5.74, 6) is 1.45. The molecule has 0 fully saturated rings. The molecule has 5 heteroatoms. The van der Waals surface area contributed by atoms with Crippen LogP contribution in [0.2, 0.25) is 0 Å². The third-order valence-corrected chi connectivity index (χ3v) is 3.97. The van der Waals surface area contributed by atoms with Gasteiger partial charge in [0.25, 0.3) is 0 Å². The topological polar surface area (TPSA) is 59.4 Å². The number of nitrogens with zero attached hydrogens (tertiary/aromatic N) is 1. The molecule has 0 unspecified atom stereocenters. The largest absolute Gasteiger partial charge is 0.512 e. The van der Waals surface area contributed by atoms with E-state index in [9.17, 15) is 9.90 Å². The molecular formula is C24H26IrNO3-. The van der Waals surface area contributed by atoms with Gasteiger partial charge in [-0.25, -0.2) is 4.98 Å². The summed E-state index contributed by atoms with van der Waals surface area (Å²) < 4.78 is 5.72. The Morgan fingerprint density at radius 2 is 1.72 bits per heavy atom. The first-order valence-electron chi connectivity index (χ1n) is 9.31. The van der Waals surface area contributed by atoms with E-state index in [0.29, 0.717) is 11.6 Å². The fraction of sp³-hybridized carbons (Fsp3) is 0.250. The fourth-order valence-electron chi connectivity index (χ4n) is 2.20. The van der Waals surface area contributed by atoms with E-state index in [1.165, 1.54) is 6.08 Å². The molecule has 0 saturated carbocycles. The van der Waals surface area contributed by atoms with E-state index in [-0.39, 0.29) is 43.5 Å². The summed E-state index contributed by atoms with van der Waals surface area (Å²) in [6.07, 6.45) is 3.07. The quantitative estimate of drug-likeness (QED) is 0.228. The molecule has 1 aromatic heterocycles. The third-order valence-electron chi connectivity index (χ3n) is 3.97. The maximum Gasteiger partial charge on any atom is 0.224 e.